The molecule has 0 atom stereocenters. The van der Waals surface area contributed by atoms with E-state index >= 15 is 0 Å². The number of aliphatic hydroxyl groups is 1. The second-order valence-electron chi connectivity index (χ2n) is 5.96. The molecule has 150 valence electrons. The van der Waals surface area contributed by atoms with Gasteiger partial charge < -0.3 is 20.5 Å². The number of aliphatic hydroxyl groups excluding tert-OH is 1. The molecule has 0 spiro atoms. The number of nitrogens with one attached hydrogen (secondary N) is 2. The summed E-state index contributed by atoms with van der Waals surface area (Å²) in [5, 5.41) is 15.0. The van der Waals surface area contributed by atoms with Crippen LogP contribution >= 0.6 is 0 Å². The maximum absolute atomic E-state index is 14.2. The maximum Gasteiger partial charge on any atom is 0.345 e. The van der Waals surface area contributed by atoms with Gasteiger partial charge in [-0.3, -0.25) is 0 Å². The van der Waals surface area contributed by atoms with E-state index in [1.165, 1.54) is 12.1 Å². The number of anilines is 3. The number of nitrogens with zero attached hydrogens (tertiary/aromatic N) is 2. The van der Waals surface area contributed by atoms with Gasteiger partial charge in [0, 0.05) is 12.1 Å². The Balaban J connectivity index is 2.17. The van der Waals surface area contributed by atoms with Gasteiger partial charge in [-0.15, -0.1) is 0 Å². The topological polar surface area (TPSA) is 96.4 Å². The van der Waals surface area contributed by atoms with Crippen LogP contribution in [0.25, 0.3) is 11.4 Å². The van der Waals surface area contributed by atoms with Crippen LogP contribution in [-0.4, -0.2) is 40.8 Å². The minimum Gasteiger partial charge on any atom is -0.462 e. The van der Waals surface area contributed by atoms with Gasteiger partial charge in [0.05, 0.1) is 18.9 Å². The lowest BCUT2D eigenvalue weighted by molar-refractivity contribution is 0.0528. The quantitative estimate of drug-likeness (QED) is 0.501. The van der Waals surface area contributed by atoms with Crippen LogP contribution in [0.15, 0.2) is 54.6 Å². The molecule has 0 aliphatic carbocycles. The van der Waals surface area contributed by atoms with Gasteiger partial charge >= 0.3 is 5.97 Å². The van der Waals surface area contributed by atoms with Crippen LogP contribution in [0, 0.1) is 5.82 Å². The average molecular weight is 396 g/mol. The Kier molecular flexibility index (Phi) is 6.70. The molecule has 8 heteroatoms. The van der Waals surface area contributed by atoms with Gasteiger partial charge in [-0.1, -0.05) is 42.5 Å². The fourth-order valence-electron chi connectivity index (χ4n) is 2.66. The molecule has 7 nitrogen and oxygen atoms in total. The molecule has 0 saturated heterocycles. The minimum absolute atomic E-state index is 0.0308. The summed E-state index contributed by atoms with van der Waals surface area (Å²) in [6, 6.07) is 15.2. The van der Waals surface area contributed by atoms with E-state index in [1.54, 1.807) is 19.1 Å². The second kappa shape index (κ2) is 9.61. The zero-order valence-corrected chi connectivity index (χ0v) is 15.9. The molecule has 0 bridgehead atoms. The van der Waals surface area contributed by atoms with Gasteiger partial charge in [0.15, 0.2) is 11.6 Å². The highest BCUT2D eigenvalue weighted by atomic mass is 19.1. The number of esters is 1. The Morgan fingerprint density at radius 3 is 2.45 bits per heavy atom. The van der Waals surface area contributed by atoms with Crippen molar-refractivity contribution in [3.05, 3.63) is 66.0 Å². The third kappa shape index (κ3) is 4.85. The monoisotopic (exact) mass is 396 g/mol. The van der Waals surface area contributed by atoms with Crippen molar-refractivity contribution in [2.24, 2.45) is 0 Å². The Bertz CT molecular complexity index is 983. The van der Waals surface area contributed by atoms with E-state index in [0.29, 0.717) is 11.4 Å². The molecule has 3 N–H and O–H groups in total. The summed E-state index contributed by atoms with van der Waals surface area (Å²) >= 11 is 0. The van der Waals surface area contributed by atoms with Crippen LogP contribution in [0.5, 0.6) is 0 Å². The Hall–Kier alpha value is -3.52. The molecule has 0 aliphatic heterocycles. The summed E-state index contributed by atoms with van der Waals surface area (Å²) in [5.74, 6) is -0.538. The van der Waals surface area contributed by atoms with Crippen LogP contribution in [-0.2, 0) is 4.74 Å². The first-order valence-corrected chi connectivity index (χ1v) is 9.15. The van der Waals surface area contributed by atoms with Crippen LogP contribution in [0.1, 0.15) is 17.3 Å². The van der Waals surface area contributed by atoms with E-state index in [0.717, 1.165) is 0 Å². The first-order chi connectivity index (χ1) is 14.1. The predicted molar refractivity (Wildman–Crippen MR) is 109 cm³/mol. The number of aromatic nitrogens is 2. The lowest BCUT2D eigenvalue weighted by atomic mass is 10.2. The Morgan fingerprint density at radius 1 is 1.07 bits per heavy atom. The molecular formula is C21H21FN4O3. The Morgan fingerprint density at radius 2 is 1.76 bits per heavy atom. The molecule has 0 aliphatic rings. The molecule has 0 radical (unpaired) electrons. The Labute approximate surface area is 167 Å². The van der Waals surface area contributed by atoms with E-state index in [9.17, 15) is 14.3 Å². The highest BCUT2D eigenvalue weighted by molar-refractivity contribution is 6.01. The summed E-state index contributed by atoms with van der Waals surface area (Å²) in [6.07, 6.45) is 0. The van der Waals surface area contributed by atoms with Crippen molar-refractivity contribution >= 4 is 23.3 Å². The number of ether oxygens (including phenoxy) is 1. The van der Waals surface area contributed by atoms with Crippen molar-refractivity contribution < 1.29 is 19.0 Å². The number of benzene rings is 2. The number of halogens is 1. The van der Waals surface area contributed by atoms with Gasteiger partial charge in [-0.25, -0.2) is 19.2 Å². The van der Waals surface area contributed by atoms with Gasteiger partial charge in [0.2, 0.25) is 0 Å². The van der Waals surface area contributed by atoms with Crippen molar-refractivity contribution in [1.82, 2.24) is 9.97 Å². The largest absolute Gasteiger partial charge is 0.462 e. The summed E-state index contributed by atoms with van der Waals surface area (Å²) < 4.78 is 19.4. The molecular weight excluding hydrogens is 375 g/mol. The van der Waals surface area contributed by atoms with Crippen molar-refractivity contribution in [3.8, 4) is 11.4 Å². The zero-order valence-electron chi connectivity index (χ0n) is 15.9. The SMILES string of the molecule is CCOC(=O)c1c(NCCO)nc(-c2ccccc2)nc1Nc1ccccc1F. The smallest absolute Gasteiger partial charge is 0.345 e. The van der Waals surface area contributed by atoms with Gasteiger partial charge in [0.25, 0.3) is 0 Å². The lowest BCUT2D eigenvalue weighted by Crippen LogP contribution is -2.17. The molecule has 0 fully saturated rings. The van der Waals surface area contributed by atoms with Crippen LogP contribution in [0.4, 0.5) is 21.7 Å². The van der Waals surface area contributed by atoms with Gasteiger partial charge in [-0.2, -0.15) is 0 Å². The first-order valence-electron chi connectivity index (χ1n) is 9.15. The molecule has 29 heavy (non-hydrogen) atoms. The number of hydrogen-bond acceptors (Lipinski definition) is 7. The van der Waals surface area contributed by atoms with Crippen LogP contribution in [0.2, 0.25) is 0 Å². The third-order valence-corrected chi connectivity index (χ3v) is 3.95. The molecule has 3 rings (SSSR count). The zero-order chi connectivity index (χ0) is 20.6. The molecule has 1 aromatic heterocycles. The van der Waals surface area contributed by atoms with E-state index < -0.39 is 11.8 Å². The van der Waals surface area contributed by atoms with Crippen LogP contribution in [0.3, 0.4) is 0 Å². The number of para-hydroxylation sites is 1. The van der Waals surface area contributed by atoms with E-state index in [1.807, 2.05) is 30.3 Å². The molecule has 1 heterocycles. The van der Waals surface area contributed by atoms with E-state index in [-0.39, 0.29) is 42.6 Å². The molecule has 0 amide bonds. The molecule has 0 unspecified atom stereocenters. The number of hydrogen-bond donors (Lipinski definition) is 3. The molecule has 2 aromatic carbocycles. The summed E-state index contributed by atoms with van der Waals surface area (Å²) in [4.78, 5) is 21.5. The van der Waals surface area contributed by atoms with E-state index in [4.69, 9.17) is 4.74 Å². The number of carbonyl (C=O) groups is 1. The third-order valence-electron chi connectivity index (χ3n) is 3.95. The number of rotatable bonds is 8. The first kappa shape index (κ1) is 20.2. The average Bonchev–Trinajstić information content (AvgIpc) is 2.74. The fraction of sp³-hybridized carbons (Fsp3) is 0.190. The molecule has 3 aromatic rings. The second-order valence-corrected chi connectivity index (χ2v) is 5.96. The predicted octanol–water partition coefficient (Wildman–Crippen LogP) is 3.61. The maximum atomic E-state index is 14.2. The fourth-order valence-corrected chi connectivity index (χ4v) is 2.66. The van der Waals surface area contributed by atoms with Gasteiger partial charge in [0.1, 0.15) is 17.2 Å². The minimum atomic E-state index is -0.661. The summed E-state index contributed by atoms with van der Waals surface area (Å²) in [5.41, 5.74) is 0.902. The lowest BCUT2D eigenvalue weighted by Gasteiger charge is -2.17. The van der Waals surface area contributed by atoms with Gasteiger partial charge in [-0.05, 0) is 19.1 Å². The summed E-state index contributed by atoms with van der Waals surface area (Å²) in [7, 11) is 0. The highest BCUT2D eigenvalue weighted by Crippen LogP contribution is 2.29. The molecule has 0 saturated carbocycles. The van der Waals surface area contributed by atoms with Crippen molar-refractivity contribution in [2.75, 3.05) is 30.4 Å². The highest BCUT2D eigenvalue weighted by Gasteiger charge is 2.23. The number of carbonyl (C=O) groups excluding carboxylic acids is 1. The van der Waals surface area contributed by atoms with Crippen molar-refractivity contribution in [2.45, 2.75) is 6.92 Å². The van der Waals surface area contributed by atoms with Crippen LogP contribution < -0.4 is 10.6 Å². The van der Waals surface area contributed by atoms with Crippen molar-refractivity contribution in [1.29, 1.82) is 0 Å². The normalized spacial score (nSPS) is 10.4. The van der Waals surface area contributed by atoms with Crippen molar-refractivity contribution in [3.63, 3.8) is 0 Å². The summed E-state index contributed by atoms with van der Waals surface area (Å²) in [6.45, 7) is 1.83. The standard InChI is InChI=1S/C21H21FN4O3/c1-2-29-21(28)17-19(23-12-13-27)25-18(14-8-4-3-5-9-14)26-20(17)24-16-11-7-6-10-15(16)22/h3-11,27H,2,12-13H2,1H3,(H2,23,24,25,26). The van der Waals surface area contributed by atoms with E-state index in [2.05, 4.69) is 20.6 Å².